The number of β-amino-alcohol motifs (C(OH)–C–C–N with tert-alkyl or cyclic N) is 1. The number of sulfonamides is 1. The van der Waals surface area contributed by atoms with Crippen molar-refractivity contribution in [1.82, 2.24) is 9.29 Å². The molecule has 0 bridgehead atoms. The largest absolute Gasteiger partial charge is 0.486 e. The van der Waals surface area contributed by atoms with Gasteiger partial charge in [0, 0.05) is 12.1 Å². The Morgan fingerprint density at radius 3 is 2.31 bits per heavy atom. The molecule has 11 heteroatoms. The van der Waals surface area contributed by atoms with E-state index < -0.39 is 22.2 Å². The van der Waals surface area contributed by atoms with Crippen molar-refractivity contribution in [2.45, 2.75) is 24.0 Å². The molecule has 0 aliphatic carbocycles. The molecule has 4 N–H and O–H groups in total. The number of aliphatic hydroxyl groups is 1. The van der Waals surface area contributed by atoms with Crippen molar-refractivity contribution in [3.8, 4) is 29.0 Å². The number of nitrogens with zero attached hydrogens (tertiary/aromatic N) is 3. The summed E-state index contributed by atoms with van der Waals surface area (Å²) in [6.07, 6.45) is -1.79. The highest BCUT2D eigenvalue weighted by atomic mass is 32.2. The number of aryl methyl sites for hydroxylation is 1. The third kappa shape index (κ3) is 4.63. The summed E-state index contributed by atoms with van der Waals surface area (Å²) >= 11 is 5.18. The summed E-state index contributed by atoms with van der Waals surface area (Å²) < 4.78 is 33.1. The van der Waals surface area contributed by atoms with Gasteiger partial charge in [-0.25, -0.2) is 8.42 Å². The Kier molecular flexibility index (Phi) is 6.61. The number of pyridine rings is 1. The van der Waals surface area contributed by atoms with Gasteiger partial charge in [0.05, 0.1) is 17.0 Å². The van der Waals surface area contributed by atoms with Gasteiger partial charge < -0.3 is 20.6 Å². The third-order valence-electron chi connectivity index (χ3n) is 5.76. The molecule has 2 heterocycles. The lowest BCUT2D eigenvalue weighted by Gasteiger charge is -2.18. The summed E-state index contributed by atoms with van der Waals surface area (Å²) in [5, 5.41) is 29.5. The highest BCUT2D eigenvalue weighted by Crippen LogP contribution is 2.32. The summed E-state index contributed by atoms with van der Waals surface area (Å²) in [6.45, 7) is 1.77. The number of anilines is 1. The van der Waals surface area contributed by atoms with E-state index in [0.29, 0.717) is 16.9 Å². The fourth-order valence-corrected chi connectivity index (χ4v) is 5.63. The number of nitrogens with two attached hydrogens (primary N) is 1. The second-order valence-corrected chi connectivity index (χ2v) is 10.4. The average molecular weight is 508 g/mol. The fraction of sp³-hybridized carbons (Fsp3) is 0.208. The molecule has 0 saturated carbocycles. The SMILES string of the molecule is Cc1ccc(S(=O)(=O)N2C[C@@H](O)[C@H](Oc3ccc(-c4c(C#N)c(N)[nH]c(=S)c4C#N)cc3)C2)cc1. The first-order valence-electron chi connectivity index (χ1n) is 10.5. The van der Waals surface area contributed by atoms with E-state index >= 15 is 0 Å². The van der Waals surface area contributed by atoms with E-state index in [1.807, 2.05) is 19.1 Å². The van der Waals surface area contributed by atoms with Crippen molar-refractivity contribution < 1.29 is 18.3 Å². The lowest BCUT2D eigenvalue weighted by Crippen LogP contribution is -2.31. The van der Waals surface area contributed by atoms with E-state index in [4.69, 9.17) is 22.7 Å². The molecule has 4 rings (SSSR count). The summed E-state index contributed by atoms with van der Waals surface area (Å²) in [7, 11) is -3.77. The molecule has 3 aromatic rings. The molecular formula is C24H21N5O4S2. The van der Waals surface area contributed by atoms with E-state index in [1.165, 1.54) is 16.4 Å². The number of hydrogen-bond acceptors (Lipinski definition) is 8. The zero-order valence-corrected chi connectivity index (χ0v) is 20.2. The second-order valence-electron chi connectivity index (χ2n) is 8.10. The van der Waals surface area contributed by atoms with Crippen LogP contribution in [0.1, 0.15) is 16.7 Å². The number of nitrogen functional groups attached to an aromatic ring is 1. The average Bonchev–Trinajstić information content (AvgIpc) is 3.20. The number of nitriles is 2. The fourth-order valence-electron chi connectivity index (χ4n) is 3.90. The van der Waals surface area contributed by atoms with Crippen molar-refractivity contribution in [3.05, 3.63) is 69.9 Å². The van der Waals surface area contributed by atoms with Crippen molar-refractivity contribution in [2.75, 3.05) is 18.8 Å². The van der Waals surface area contributed by atoms with Gasteiger partial charge in [0.25, 0.3) is 0 Å². The third-order valence-corrected chi connectivity index (χ3v) is 7.91. The van der Waals surface area contributed by atoms with Crippen LogP contribution in [0.2, 0.25) is 0 Å². The quantitative estimate of drug-likeness (QED) is 0.445. The van der Waals surface area contributed by atoms with Crippen LogP contribution >= 0.6 is 12.2 Å². The van der Waals surface area contributed by atoms with Crippen LogP contribution in [-0.4, -0.2) is 48.1 Å². The van der Waals surface area contributed by atoms with Gasteiger partial charge in [0.1, 0.15) is 46.1 Å². The van der Waals surface area contributed by atoms with Crippen LogP contribution in [0.3, 0.4) is 0 Å². The molecule has 0 radical (unpaired) electrons. The van der Waals surface area contributed by atoms with Crippen LogP contribution in [0.25, 0.3) is 11.1 Å². The molecule has 2 atom stereocenters. The van der Waals surface area contributed by atoms with Gasteiger partial charge in [-0.05, 0) is 36.8 Å². The lowest BCUT2D eigenvalue weighted by atomic mass is 9.97. The number of nitrogens with one attached hydrogen (secondary N) is 1. The number of hydrogen-bond donors (Lipinski definition) is 3. The van der Waals surface area contributed by atoms with Crippen LogP contribution in [-0.2, 0) is 10.0 Å². The molecule has 0 amide bonds. The Labute approximate surface area is 207 Å². The van der Waals surface area contributed by atoms with Gasteiger partial charge in [0.2, 0.25) is 10.0 Å². The molecule has 1 aliphatic heterocycles. The maximum Gasteiger partial charge on any atom is 0.243 e. The second kappa shape index (κ2) is 9.49. The van der Waals surface area contributed by atoms with E-state index in [2.05, 4.69) is 4.98 Å². The van der Waals surface area contributed by atoms with E-state index in [0.717, 1.165) is 5.56 Å². The minimum absolute atomic E-state index is 0.0132. The maximum absolute atomic E-state index is 13.0. The lowest BCUT2D eigenvalue weighted by molar-refractivity contribution is 0.0737. The highest BCUT2D eigenvalue weighted by Gasteiger charge is 2.40. The number of ether oxygens (including phenoxy) is 1. The number of H-pyrrole nitrogens is 1. The van der Waals surface area contributed by atoms with Crippen LogP contribution < -0.4 is 10.5 Å². The number of rotatable bonds is 5. The molecule has 0 unspecified atom stereocenters. The minimum Gasteiger partial charge on any atom is -0.486 e. The van der Waals surface area contributed by atoms with Gasteiger partial charge in [-0.2, -0.15) is 14.8 Å². The van der Waals surface area contributed by atoms with Crippen molar-refractivity contribution in [2.24, 2.45) is 0 Å². The summed E-state index contributed by atoms with van der Waals surface area (Å²) in [6, 6.07) is 17.0. The molecule has 2 aromatic carbocycles. The van der Waals surface area contributed by atoms with E-state index in [9.17, 15) is 24.0 Å². The van der Waals surface area contributed by atoms with Gasteiger partial charge in [-0.1, -0.05) is 42.0 Å². The minimum atomic E-state index is -3.77. The number of benzene rings is 2. The smallest absolute Gasteiger partial charge is 0.243 e. The molecule has 178 valence electrons. The van der Waals surface area contributed by atoms with Crippen molar-refractivity contribution in [1.29, 1.82) is 10.5 Å². The highest BCUT2D eigenvalue weighted by molar-refractivity contribution is 7.89. The predicted octanol–water partition coefficient (Wildman–Crippen LogP) is 2.86. The van der Waals surface area contributed by atoms with Gasteiger partial charge in [0.15, 0.2) is 0 Å². The Hall–Kier alpha value is -3.74. The zero-order chi connectivity index (χ0) is 25.3. The molecule has 1 aromatic heterocycles. The van der Waals surface area contributed by atoms with E-state index in [1.54, 1.807) is 36.4 Å². The Bertz CT molecular complexity index is 1520. The topological polar surface area (TPSA) is 156 Å². The Balaban J connectivity index is 1.56. The molecule has 1 saturated heterocycles. The molecule has 0 spiro atoms. The Morgan fingerprint density at radius 2 is 1.71 bits per heavy atom. The molecule has 9 nitrogen and oxygen atoms in total. The molecule has 1 fully saturated rings. The van der Waals surface area contributed by atoms with Crippen molar-refractivity contribution >= 4 is 28.1 Å². The van der Waals surface area contributed by atoms with E-state index in [-0.39, 0.29) is 39.6 Å². The Morgan fingerprint density at radius 1 is 1.09 bits per heavy atom. The molecule has 1 aliphatic rings. The summed E-state index contributed by atoms with van der Waals surface area (Å²) in [5.41, 5.74) is 7.91. The molecule has 35 heavy (non-hydrogen) atoms. The first-order valence-corrected chi connectivity index (χ1v) is 12.4. The zero-order valence-electron chi connectivity index (χ0n) is 18.6. The molecular weight excluding hydrogens is 486 g/mol. The first kappa shape index (κ1) is 24.4. The predicted molar refractivity (Wildman–Crippen MR) is 131 cm³/mol. The first-order chi connectivity index (χ1) is 16.6. The normalized spacial score (nSPS) is 18.1. The van der Waals surface area contributed by atoms with Crippen LogP contribution in [0.5, 0.6) is 5.75 Å². The van der Waals surface area contributed by atoms with Crippen LogP contribution in [0, 0.1) is 34.2 Å². The summed E-state index contributed by atoms with van der Waals surface area (Å²) in [4.78, 5) is 2.81. The standard InChI is InChI=1S/C24H21N5O4S2/c1-14-2-8-17(9-3-14)35(31,32)29-12-20(30)21(13-29)33-16-6-4-15(5-7-16)22-18(10-25)23(27)28-24(34)19(22)11-26/h2-9,20-21,30H,12-13H2,1H3,(H3,27,28,34)/t20-,21-/m1/s1. The number of aliphatic hydroxyl groups excluding tert-OH is 1. The maximum atomic E-state index is 13.0. The summed E-state index contributed by atoms with van der Waals surface area (Å²) in [5.74, 6) is 0.453. The monoisotopic (exact) mass is 507 g/mol. The van der Waals surface area contributed by atoms with Gasteiger partial charge >= 0.3 is 0 Å². The van der Waals surface area contributed by atoms with Crippen LogP contribution in [0.4, 0.5) is 5.82 Å². The van der Waals surface area contributed by atoms with Crippen molar-refractivity contribution in [3.63, 3.8) is 0 Å². The number of aromatic amines is 1. The van der Waals surface area contributed by atoms with Gasteiger partial charge in [-0.3, -0.25) is 0 Å². The van der Waals surface area contributed by atoms with Gasteiger partial charge in [-0.15, -0.1) is 0 Å². The van der Waals surface area contributed by atoms with Crippen LogP contribution in [0.15, 0.2) is 53.4 Å². The number of aromatic nitrogens is 1.